The summed E-state index contributed by atoms with van der Waals surface area (Å²) in [7, 11) is -3.33. The molecule has 0 aliphatic rings. The molecule has 6 heteroatoms. The van der Waals surface area contributed by atoms with Gasteiger partial charge in [-0.1, -0.05) is 18.2 Å². The van der Waals surface area contributed by atoms with Gasteiger partial charge in [0.25, 0.3) is 0 Å². The van der Waals surface area contributed by atoms with Gasteiger partial charge in [-0.2, -0.15) is 0 Å². The van der Waals surface area contributed by atoms with E-state index in [1.165, 1.54) is 0 Å². The van der Waals surface area contributed by atoms with Gasteiger partial charge < -0.3 is 10.5 Å². The van der Waals surface area contributed by atoms with Crippen LogP contribution in [0.15, 0.2) is 36.9 Å². The fourth-order valence-corrected chi connectivity index (χ4v) is 2.55. The standard InChI is InChI=1S/C13H20N2O3S/c1-2-3-9-18-10-8-15-19(16,17)11-12-4-6-13(14)7-5-12/h2,4-7,15H,1,3,8-11,14H2. The predicted molar refractivity (Wildman–Crippen MR) is 77.1 cm³/mol. The van der Waals surface area contributed by atoms with Gasteiger partial charge in [-0.15, -0.1) is 6.58 Å². The van der Waals surface area contributed by atoms with Crippen molar-refractivity contribution in [2.24, 2.45) is 0 Å². The topological polar surface area (TPSA) is 81.4 Å². The molecule has 1 aromatic rings. The van der Waals surface area contributed by atoms with Gasteiger partial charge in [0.2, 0.25) is 10.0 Å². The molecule has 0 atom stereocenters. The van der Waals surface area contributed by atoms with Crippen LogP contribution in [0.1, 0.15) is 12.0 Å². The molecule has 0 fully saturated rings. The minimum Gasteiger partial charge on any atom is -0.399 e. The van der Waals surface area contributed by atoms with Crippen LogP contribution in [-0.2, 0) is 20.5 Å². The Morgan fingerprint density at radius 2 is 1.95 bits per heavy atom. The van der Waals surface area contributed by atoms with E-state index in [1.54, 1.807) is 30.3 Å². The van der Waals surface area contributed by atoms with Gasteiger partial charge in [0.15, 0.2) is 0 Å². The third-order valence-corrected chi connectivity index (χ3v) is 3.73. The lowest BCUT2D eigenvalue weighted by atomic mass is 10.2. The van der Waals surface area contributed by atoms with Crippen molar-refractivity contribution in [2.45, 2.75) is 12.2 Å². The smallest absolute Gasteiger partial charge is 0.215 e. The zero-order valence-electron chi connectivity index (χ0n) is 10.8. The Bertz CT molecular complexity index is 483. The summed E-state index contributed by atoms with van der Waals surface area (Å²) >= 11 is 0. The third-order valence-electron chi connectivity index (χ3n) is 2.37. The molecule has 0 aliphatic heterocycles. The number of rotatable bonds is 9. The Kier molecular flexibility index (Phi) is 6.55. The largest absolute Gasteiger partial charge is 0.399 e. The molecule has 0 saturated carbocycles. The summed E-state index contributed by atoms with van der Waals surface area (Å²) in [6.07, 6.45) is 2.52. The first-order valence-electron chi connectivity index (χ1n) is 6.04. The zero-order valence-corrected chi connectivity index (χ0v) is 11.7. The molecule has 3 N–H and O–H groups in total. The van der Waals surface area contributed by atoms with Crippen molar-refractivity contribution >= 4 is 15.7 Å². The molecule has 0 unspecified atom stereocenters. The quantitative estimate of drug-likeness (QED) is 0.406. The number of nitrogens with one attached hydrogen (secondary N) is 1. The second kappa shape index (κ2) is 7.93. The van der Waals surface area contributed by atoms with E-state index >= 15 is 0 Å². The highest BCUT2D eigenvalue weighted by Crippen LogP contribution is 2.08. The van der Waals surface area contributed by atoms with E-state index in [2.05, 4.69) is 11.3 Å². The van der Waals surface area contributed by atoms with Gasteiger partial charge in [-0.25, -0.2) is 13.1 Å². The van der Waals surface area contributed by atoms with Crippen LogP contribution in [0.4, 0.5) is 5.69 Å². The predicted octanol–water partition coefficient (Wildman–Crippen LogP) is 1.28. The second-order valence-corrected chi connectivity index (χ2v) is 5.89. The lowest BCUT2D eigenvalue weighted by Crippen LogP contribution is -2.28. The van der Waals surface area contributed by atoms with Crippen LogP contribution in [0.3, 0.4) is 0 Å². The molecule has 0 aliphatic carbocycles. The molecular formula is C13H20N2O3S. The van der Waals surface area contributed by atoms with Gasteiger partial charge in [0.1, 0.15) is 0 Å². The normalized spacial score (nSPS) is 11.4. The van der Waals surface area contributed by atoms with Crippen molar-refractivity contribution in [2.75, 3.05) is 25.5 Å². The summed E-state index contributed by atoms with van der Waals surface area (Å²) in [6, 6.07) is 6.77. The van der Waals surface area contributed by atoms with Crippen molar-refractivity contribution in [3.05, 3.63) is 42.5 Å². The van der Waals surface area contributed by atoms with Gasteiger partial charge in [0, 0.05) is 12.2 Å². The van der Waals surface area contributed by atoms with Gasteiger partial charge in [-0.05, 0) is 24.1 Å². The second-order valence-electron chi connectivity index (χ2n) is 4.08. The zero-order chi connectivity index (χ0) is 14.1. The summed E-state index contributed by atoms with van der Waals surface area (Å²) in [5.74, 6) is -0.0556. The molecule has 106 valence electrons. The van der Waals surface area contributed by atoms with E-state index < -0.39 is 10.0 Å². The van der Waals surface area contributed by atoms with Gasteiger partial charge in [0.05, 0.1) is 19.0 Å². The first-order valence-corrected chi connectivity index (χ1v) is 7.69. The summed E-state index contributed by atoms with van der Waals surface area (Å²) < 4.78 is 31.2. The number of nitrogen functional groups attached to an aromatic ring is 1. The average Bonchev–Trinajstić information content (AvgIpc) is 2.36. The van der Waals surface area contributed by atoms with Crippen LogP contribution in [0.25, 0.3) is 0 Å². The maximum absolute atomic E-state index is 11.8. The fourth-order valence-electron chi connectivity index (χ4n) is 1.42. The Hall–Kier alpha value is -1.37. The van der Waals surface area contributed by atoms with Crippen molar-refractivity contribution in [3.8, 4) is 0 Å². The van der Waals surface area contributed by atoms with Gasteiger partial charge in [-0.3, -0.25) is 0 Å². The summed E-state index contributed by atoms with van der Waals surface area (Å²) in [5.41, 5.74) is 6.86. The van der Waals surface area contributed by atoms with Crippen LogP contribution in [0.5, 0.6) is 0 Å². The first kappa shape index (κ1) is 15.7. The molecule has 19 heavy (non-hydrogen) atoms. The van der Waals surface area contributed by atoms with E-state index in [0.29, 0.717) is 24.5 Å². The Morgan fingerprint density at radius 3 is 2.58 bits per heavy atom. The van der Waals surface area contributed by atoms with E-state index in [0.717, 1.165) is 6.42 Å². The molecule has 0 amide bonds. The molecule has 0 bridgehead atoms. The van der Waals surface area contributed by atoms with Crippen LogP contribution in [0.2, 0.25) is 0 Å². The van der Waals surface area contributed by atoms with Crippen molar-refractivity contribution < 1.29 is 13.2 Å². The maximum atomic E-state index is 11.8. The highest BCUT2D eigenvalue weighted by Gasteiger charge is 2.10. The molecule has 0 spiro atoms. The molecular weight excluding hydrogens is 264 g/mol. The van der Waals surface area contributed by atoms with Crippen LogP contribution >= 0.6 is 0 Å². The monoisotopic (exact) mass is 284 g/mol. The van der Waals surface area contributed by atoms with E-state index in [-0.39, 0.29) is 12.3 Å². The highest BCUT2D eigenvalue weighted by atomic mass is 32.2. The Labute approximate surface area is 114 Å². The molecule has 0 saturated heterocycles. The van der Waals surface area contributed by atoms with Crippen LogP contribution < -0.4 is 10.5 Å². The highest BCUT2D eigenvalue weighted by molar-refractivity contribution is 7.88. The summed E-state index contributed by atoms with van der Waals surface area (Å²) in [6.45, 7) is 4.76. The first-order chi connectivity index (χ1) is 9.03. The fraction of sp³-hybridized carbons (Fsp3) is 0.385. The molecule has 1 rings (SSSR count). The summed E-state index contributed by atoms with van der Waals surface area (Å²) in [5, 5.41) is 0. The molecule has 0 heterocycles. The number of nitrogens with two attached hydrogens (primary N) is 1. The van der Waals surface area contributed by atoms with Crippen molar-refractivity contribution in [1.82, 2.24) is 4.72 Å². The molecule has 0 radical (unpaired) electrons. The minimum absolute atomic E-state index is 0.0556. The number of ether oxygens (including phenoxy) is 1. The van der Waals surface area contributed by atoms with Crippen LogP contribution in [0, 0.1) is 0 Å². The van der Waals surface area contributed by atoms with Gasteiger partial charge >= 0.3 is 0 Å². The number of benzene rings is 1. The van der Waals surface area contributed by atoms with Crippen molar-refractivity contribution in [3.63, 3.8) is 0 Å². The molecule has 1 aromatic carbocycles. The molecule has 0 aromatic heterocycles. The van der Waals surface area contributed by atoms with Crippen LogP contribution in [-0.4, -0.2) is 28.2 Å². The number of hydrogen-bond donors (Lipinski definition) is 2. The lowest BCUT2D eigenvalue weighted by molar-refractivity contribution is 0.144. The third kappa shape index (κ3) is 6.95. The van der Waals surface area contributed by atoms with E-state index in [1.807, 2.05) is 0 Å². The number of anilines is 1. The summed E-state index contributed by atoms with van der Waals surface area (Å²) in [4.78, 5) is 0. The minimum atomic E-state index is -3.33. The maximum Gasteiger partial charge on any atom is 0.215 e. The van der Waals surface area contributed by atoms with E-state index in [4.69, 9.17) is 10.5 Å². The van der Waals surface area contributed by atoms with Crippen molar-refractivity contribution in [1.29, 1.82) is 0 Å². The average molecular weight is 284 g/mol. The lowest BCUT2D eigenvalue weighted by Gasteiger charge is -2.07. The SMILES string of the molecule is C=CCCOCCNS(=O)(=O)Cc1ccc(N)cc1. The van der Waals surface area contributed by atoms with E-state index in [9.17, 15) is 8.42 Å². The Balaban J connectivity index is 2.31. The Morgan fingerprint density at radius 1 is 1.26 bits per heavy atom. The number of hydrogen-bond acceptors (Lipinski definition) is 4. The number of sulfonamides is 1. The molecule has 5 nitrogen and oxygen atoms in total.